The molecule has 100 valence electrons. The second-order valence-electron chi connectivity index (χ2n) is 4.76. The Morgan fingerprint density at radius 2 is 2.17 bits per heavy atom. The van der Waals surface area contributed by atoms with Gasteiger partial charge in [0.15, 0.2) is 0 Å². The van der Waals surface area contributed by atoms with E-state index >= 15 is 0 Å². The largest absolute Gasteiger partial charge is 0.388 e. The van der Waals surface area contributed by atoms with E-state index in [0.717, 1.165) is 37.9 Å². The van der Waals surface area contributed by atoms with Crippen molar-refractivity contribution in [2.45, 2.75) is 44.3 Å². The molecule has 2 rings (SSSR count). The number of benzene rings is 1. The van der Waals surface area contributed by atoms with E-state index in [1.54, 1.807) is 12.1 Å². The molecular formula is C14H18Cl2O2. The molecule has 1 heterocycles. The topological polar surface area (TPSA) is 29.5 Å². The molecule has 2 nitrogen and oxygen atoms in total. The van der Waals surface area contributed by atoms with Gasteiger partial charge in [-0.25, -0.2) is 0 Å². The van der Waals surface area contributed by atoms with Crippen molar-refractivity contribution in [3.05, 3.63) is 33.8 Å². The van der Waals surface area contributed by atoms with Crippen molar-refractivity contribution in [2.24, 2.45) is 0 Å². The fraction of sp³-hybridized carbons (Fsp3) is 0.571. The predicted octanol–water partition coefficient (Wildman–Crippen LogP) is 4.38. The Balaban J connectivity index is 1.79. The maximum Gasteiger partial charge on any atom is 0.0790 e. The summed E-state index contributed by atoms with van der Waals surface area (Å²) in [6, 6.07) is 5.29. The van der Waals surface area contributed by atoms with Crippen molar-refractivity contribution in [1.82, 2.24) is 0 Å². The standard InChI is InChI=1S/C14H18Cl2O2/c15-12-7-6-10(9-13(12)16)14(17)5-1-3-11-4-2-8-18-11/h6-7,9,11,14,17H,1-5,8H2. The predicted molar refractivity (Wildman–Crippen MR) is 74.2 cm³/mol. The minimum absolute atomic E-state index is 0.394. The molecule has 0 bridgehead atoms. The zero-order valence-electron chi connectivity index (χ0n) is 10.2. The third-order valence-electron chi connectivity index (χ3n) is 3.36. The van der Waals surface area contributed by atoms with Gasteiger partial charge in [-0.3, -0.25) is 0 Å². The third kappa shape index (κ3) is 3.86. The Bertz CT molecular complexity index is 389. The van der Waals surface area contributed by atoms with Crippen LogP contribution in [-0.4, -0.2) is 17.8 Å². The minimum atomic E-state index is -0.471. The Hall–Kier alpha value is -0.280. The zero-order chi connectivity index (χ0) is 13.0. The van der Waals surface area contributed by atoms with Gasteiger partial charge in [-0.15, -0.1) is 0 Å². The first kappa shape index (κ1) is 14.1. The van der Waals surface area contributed by atoms with Crippen LogP contribution in [0.2, 0.25) is 10.0 Å². The highest BCUT2D eigenvalue weighted by molar-refractivity contribution is 6.42. The maximum atomic E-state index is 10.1. The SMILES string of the molecule is OC(CCCC1CCCO1)c1ccc(Cl)c(Cl)c1. The van der Waals surface area contributed by atoms with Gasteiger partial charge in [0.1, 0.15) is 0 Å². The van der Waals surface area contributed by atoms with Gasteiger partial charge < -0.3 is 9.84 Å². The summed E-state index contributed by atoms with van der Waals surface area (Å²) >= 11 is 11.8. The van der Waals surface area contributed by atoms with Gasteiger partial charge in [-0.05, 0) is 49.8 Å². The number of hydrogen-bond donors (Lipinski definition) is 1. The summed E-state index contributed by atoms with van der Waals surface area (Å²) in [6.45, 7) is 0.889. The fourth-order valence-corrected chi connectivity index (χ4v) is 2.60. The molecular weight excluding hydrogens is 271 g/mol. The quantitative estimate of drug-likeness (QED) is 0.871. The van der Waals surface area contributed by atoms with E-state index in [1.807, 2.05) is 6.07 Å². The van der Waals surface area contributed by atoms with Gasteiger partial charge in [0.05, 0.1) is 22.3 Å². The molecule has 18 heavy (non-hydrogen) atoms. The van der Waals surface area contributed by atoms with E-state index in [-0.39, 0.29) is 0 Å². The van der Waals surface area contributed by atoms with Gasteiger partial charge >= 0.3 is 0 Å². The average Bonchev–Trinajstić information content (AvgIpc) is 2.85. The maximum absolute atomic E-state index is 10.1. The summed E-state index contributed by atoms with van der Waals surface area (Å²) in [6.07, 6.45) is 4.97. The second kappa shape index (κ2) is 6.76. The van der Waals surface area contributed by atoms with E-state index < -0.39 is 6.10 Å². The molecule has 0 aliphatic carbocycles. The van der Waals surface area contributed by atoms with Crippen molar-refractivity contribution in [3.8, 4) is 0 Å². The Kier molecular flexibility index (Phi) is 5.31. The van der Waals surface area contributed by atoms with Gasteiger partial charge in [0.25, 0.3) is 0 Å². The lowest BCUT2D eigenvalue weighted by Gasteiger charge is -2.13. The van der Waals surface area contributed by atoms with E-state index in [4.69, 9.17) is 27.9 Å². The molecule has 1 aromatic rings. The summed E-state index contributed by atoms with van der Waals surface area (Å²) < 4.78 is 5.56. The molecule has 1 saturated heterocycles. The summed E-state index contributed by atoms with van der Waals surface area (Å²) in [4.78, 5) is 0. The molecule has 0 radical (unpaired) electrons. The normalized spacial score (nSPS) is 21.2. The minimum Gasteiger partial charge on any atom is -0.388 e. The number of halogens is 2. The highest BCUT2D eigenvalue weighted by Crippen LogP contribution is 2.28. The van der Waals surface area contributed by atoms with Crippen LogP contribution in [0.5, 0.6) is 0 Å². The molecule has 4 heteroatoms. The van der Waals surface area contributed by atoms with E-state index in [9.17, 15) is 5.11 Å². The zero-order valence-corrected chi connectivity index (χ0v) is 11.8. The number of aliphatic hydroxyl groups is 1. The smallest absolute Gasteiger partial charge is 0.0790 e. The van der Waals surface area contributed by atoms with Crippen LogP contribution in [0.3, 0.4) is 0 Å². The van der Waals surface area contributed by atoms with Gasteiger partial charge in [-0.2, -0.15) is 0 Å². The van der Waals surface area contributed by atoms with Crippen LogP contribution in [0.15, 0.2) is 18.2 Å². The van der Waals surface area contributed by atoms with Crippen LogP contribution in [0.4, 0.5) is 0 Å². The average molecular weight is 289 g/mol. The first-order valence-corrected chi connectivity index (χ1v) is 7.17. The molecule has 0 amide bonds. The van der Waals surface area contributed by atoms with Crippen molar-refractivity contribution in [3.63, 3.8) is 0 Å². The summed E-state index contributed by atoms with van der Waals surface area (Å²) in [5.41, 5.74) is 0.830. The molecule has 0 aromatic heterocycles. The summed E-state index contributed by atoms with van der Waals surface area (Å²) in [5, 5.41) is 11.1. The van der Waals surface area contributed by atoms with Crippen molar-refractivity contribution >= 4 is 23.2 Å². The van der Waals surface area contributed by atoms with Crippen LogP contribution in [0.1, 0.15) is 43.8 Å². The molecule has 1 aliphatic rings. The lowest BCUT2D eigenvalue weighted by molar-refractivity contribution is 0.0945. The molecule has 1 N–H and O–H groups in total. The Morgan fingerprint density at radius 1 is 1.33 bits per heavy atom. The van der Waals surface area contributed by atoms with Crippen molar-refractivity contribution < 1.29 is 9.84 Å². The van der Waals surface area contributed by atoms with Crippen LogP contribution >= 0.6 is 23.2 Å². The summed E-state index contributed by atoms with van der Waals surface area (Å²) in [7, 11) is 0. The first-order chi connectivity index (χ1) is 8.66. The fourth-order valence-electron chi connectivity index (χ4n) is 2.30. The van der Waals surface area contributed by atoms with E-state index in [1.165, 1.54) is 6.42 Å². The lowest BCUT2D eigenvalue weighted by Crippen LogP contribution is -2.06. The van der Waals surface area contributed by atoms with Gasteiger partial charge in [0, 0.05) is 6.61 Å². The van der Waals surface area contributed by atoms with Gasteiger partial charge in [0.2, 0.25) is 0 Å². The molecule has 2 unspecified atom stereocenters. The number of aliphatic hydroxyl groups excluding tert-OH is 1. The highest BCUT2D eigenvalue weighted by Gasteiger charge is 2.16. The monoisotopic (exact) mass is 288 g/mol. The van der Waals surface area contributed by atoms with Crippen LogP contribution in [0.25, 0.3) is 0 Å². The summed E-state index contributed by atoms with van der Waals surface area (Å²) in [5.74, 6) is 0. The second-order valence-corrected chi connectivity index (χ2v) is 5.57. The number of hydrogen-bond acceptors (Lipinski definition) is 2. The molecule has 2 atom stereocenters. The van der Waals surface area contributed by atoms with Gasteiger partial charge in [-0.1, -0.05) is 29.3 Å². The van der Waals surface area contributed by atoms with Crippen molar-refractivity contribution in [1.29, 1.82) is 0 Å². The lowest BCUT2D eigenvalue weighted by atomic mass is 10.0. The number of rotatable bonds is 5. The van der Waals surface area contributed by atoms with E-state index in [2.05, 4.69) is 0 Å². The van der Waals surface area contributed by atoms with E-state index in [0.29, 0.717) is 16.1 Å². The van der Waals surface area contributed by atoms with Crippen LogP contribution in [-0.2, 0) is 4.74 Å². The molecule has 1 aliphatic heterocycles. The first-order valence-electron chi connectivity index (χ1n) is 6.41. The Labute approximate surface area is 118 Å². The highest BCUT2D eigenvalue weighted by atomic mass is 35.5. The third-order valence-corrected chi connectivity index (χ3v) is 4.10. The van der Waals surface area contributed by atoms with Crippen molar-refractivity contribution in [2.75, 3.05) is 6.61 Å². The molecule has 1 aromatic carbocycles. The number of ether oxygens (including phenoxy) is 1. The molecule has 0 saturated carbocycles. The van der Waals surface area contributed by atoms with Crippen LogP contribution < -0.4 is 0 Å². The van der Waals surface area contributed by atoms with Crippen LogP contribution in [0, 0.1) is 0 Å². The Morgan fingerprint density at radius 3 is 2.83 bits per heavy atom. The molecule has 0 spiro atoms. The molecule has 1 fully saturated rings.